The van der Waals surface area contributed by atoms with Gasteiger partial charge < -0.3 is 9.84 Å². The van der Waals surface area contributed by atoms with Crippen molar-refractivity contribution in [1.82, 2.24) is 4.98 Å². The van der Waals surface area contributed by atoms with E-state index in [-0.39, 0.29) is 6.61 Å². The topological polar surface area (TPSA) is 59.4 Å². The number of ether oxygens (including phenoxy) is 1. The van der Waals surface area contributed by atoms with Crippen molar-refractivity contribution in [2.75, 3.05) is 0 Å². The van der Waals surface area contributed by atoms with E-state index in [1.54, 1.807) is 11.7 Å². The molecule has 1 aromatic rings. The Balaban J connectivity index is 2.35. The summed E-state index contributed by atoms with van der Waals surface area (Å²) >= 11 is 1.37. The summed E-state index contributed by atoms with van der Waals surface area (Å²) in [6.07, 6.45) is 0.321. The lowest BCUT2D eigenvalue weighted by molar-refractivity contribution is 0.0862. The van der Waals surface area contributed by atoms with Crippen LogP contribution in [0.1, 0.15) is 4.88 Å². The predicted octanol–water partition coefficient (Wildman–Crippen LogP) is 1.34. The van der Waals surface area contributed by atoms with Crippen LogP contribution >= 0.6 is 11.3 Å². The first kappa shape index (κ1) is 7.01. The van der Waals surface area contributed by atoms with E-state index in [2.05, 4.69) is 9.72 Å². The lowest BCUT2D eigenvalue weighted by atomic mass is 10.6. The third-order valence-electron chi connectivity index (χ3n) is 0.821. The molecular formula is C5H5NO3S. The van der Waals surface area contributed by atoms with Gasteiger partial charge in [0, 0.05) is 6.20 Å². The highest BCUT2D eigenvalue weighted by atomic mass is 32.1. The third kappa shape index (κ3) is 2.02. The second kappa shape index (κ2) is 3.17. The standard InChI is InChI=1S/C5H5NO3S/c7-5(8)9-2-4-1-6-3-10-4/h1,3H,2H2,(H,7,8). The van der Waals surface area contributed by atoms with E-state index >= 15 is 0 Å². The van der Waals surface area contributed by atoms with E-state index in [1.807, 2.05) is 0 Å². The number of hydrogen-bond acceptors (Lipinski definition) is 4. The molecule has 1 rings (SSSR count). The van der Waals surface area contributed by atoms with Gasteiger partial charge in [0.1, 0.15) is 6.61 Å². The molecule has 0 unspecified atom stereocenters. The van der Waals surface area contributed by atoms with Gasteiger partial charge in [-0.3, -0.25) is 4.98 Å². The summed E-state index contributed by atoms with van der Waals surface area (Å²) in [6.45, 7) is 0.0972. The first-order chi connectivity index (χ1) is 4.79. The van der Waals surface area contributed by atoms with Crippen molar-refractivity contribution in [2.24, 2.45) is 0 Å². The lowest BCUT2D eigenvalue weighted by Gasteiger charge is -1.93. The van der Waals surface area contributed by atoms with Crippen LogP contribution in [0.4, 0.5) is 4.79 Å². The van der Waals surface area contributed by atoms with Crippen molar-refractivity contribution < 1.29 is 14.6 Å². The molecule has 0 atom stereocenters. The van der Waals surface area contributed by atoms with Crippen LogP contribution < -0.4 is 0 Å². The molecule has 0 aliphatic rings. The van der Waals surface area contributed by atoms with Crippen molar-refractivity contribution in [1.29, 1.82) is 0 Å². The fourth-order valence-electron chi connectivity index (χ4n) is 0.446. The molecule has 0 aromatic carbocycles. The van der Waals surface area contributed by atoms with Gasteiger partial charge >= 0.3 is 6.16 Å². The Morgan fingerprint density at radius 3 is 3.20 bits per heavy atom. The van der Waals surface area contributed by atoms with Crippen molar-refractivity contribution >= 4 is 17.5 Å². The van der Waals surface area contributed by atoms with Gasteiger partial charge in [0.05, 0.1) is 10.4 Å². The van der Waals surface area contributed by atoms with E-state index in [9.17, 15) is 4.79 Å². The van der Waals surface area contributed by atoms with E-state index in [0.717, 1.165) is 4.88 Å². The highest BCUT2D eigenvalue weighted by Crippen LogP contribution is 2.06. The number of carbonyl (C=O) groups is 1. The Morgan fingerprint density at radius 2 is 2.70 bits per heavy atom. The Morgan fingerprint density at radius 1 is 1.90 bits per heavy atom. The van der Waals surface area contributed by atoms with Gasteiger partial charge in [-0.1, -0.05) is 0 Å². The Bertz CT molecular complexity index is 209. The van der Waals surface area contributed by atoms with Gasteiger partial charge in [0.15, 0.2) is 0 Å². The molecule has 1 heterocycles. The zero-order valence-electron chi connectivity index (χ0n) is 4.98. The third-order valence-corrected chi connectivity index (χ3v) is 1.57. The van der Waals surface area contributed by atoms with Gasteiger partial charge in [-0.25, -0.2) is 4.79 Å². The molecule has 0 radical (unpaired) electrons. The molecule has 0 aliphatic carbocycles. The van der Waals surface area contributed by atoms with Crippen LogP contribution in [0.3, 0.4) is 0 Å². The fourth-order valence-corrected chi connectivity index (χ4v) is 0.952. The fraction of sp³-hybridized carbons (Fsp3) is 0.200. The lowest BCUT2D eigenvalue weighted by Crippen LogP contribution is -1.98. The number of carboxylic acid groups (broad SMARTS) is 1. The van der Waals surface area contributed by atoms with E-state index < -0.39 is 6.16 Å². The largest absolute Gasteiger partial charge is 0.506 e. The van der Waals surface area contributed by atoms with Gasteiger partial charge in [-0.05, 0) is 0 Å². The van der Waals surface area contributed by atoms with E-state index in [0.29, 0.717) is 0 Å². The first-order valence-electron chi connectivity index (χ1n) is 2.52. The van der Waals surface area contributed by atoms with E-state index in [4.69, 9.17) is 5.11 Å². The molecule has 0 spiro atoms. The molecular weight excluding hydrogens is 154 g/mol. The van der Waals surface area contributed by atoms with Crippen LogP contribution in [-0.4, -0.2) is 16.2 Å². The molecule has 0 aliphatic heterocycles. The van der Waals surface area contributed by atoms with Gasteiger partial charge in [0.25, 0.3) is 0 Å². The van der Waals surface area contributed by atoms with Crippen molar-refractivity contribution in [3.05, 3.63) is 16.6 Å². The number of aromatic nitrogens is 1. The highest BCUT2D eigenvalue weighted by molar-refractivity contribution is 7.09. The van der Waals surface area contributed by atoms with Gasteiger partial charge in [-0.2, -0.15) is 0 Å². The quantitative estimate of drug-likeness (QED) is 0.661. The molecule has 0 bridgehead atoms. The molecule has 4 nitrogen and oxygen atoms in total. The molecule has 0 fully saturated rings. The first-order valence-corrected chi connectivity index (χ1v) is 3.40. The van der Waals surface area contributed by atoms with Gasteiger partial charge in [-0.15, -0.1) is 11.3 Å². The molecule has 5 heteroatoms. The summed E-state index contributed by atoms with van der Waals surface area (Å²) in [4.78, 5) is 14.4. The predicted molar refractivity (Wildman–Crippen MR) is 34.9 cm³/mol. The highest BCUT2D eigenvalue weighted by Gasteiger charge is 1.98. The monoisotopic (exact) mass is 159 g/mol. The van der Waals surface area contributed by atoms with Crippen LogP contribution in [0.15, 0.2) is 11.7 Å². The van der Waals surface area contributed by atoms with Crippen LogP contribution in [-0.2, 0) is 11.3 Å². The number of rotatable bonds is 2. The Hall–Kier alpha value is -1.10. The maximum absolute atomic E-state index is 9.86. The number of thiazole rings is 1. The van der Waals surface area contributed by atoms with Crippen LogP contribution in [0.25, 0.3) is 0 Å². The van der Waals surface area contributed by atoms with Crippen LogP contribution in [0.5, 0.6) is 0 Å². The number of nitrogens with zero attached hydrogens (tertiary/aromatic N) is 1. The molecule has 0 amide bonds. The molecule has 54 valence electrons. The molecule has 0 saturated carbocycles. The van der Waals surface area contributed by atoms with Crippen LogP contribution in [0, 0.1) is 0 Å². The molecule has 10 heavy (non-hydrogen) atoms. The zero-order valence-corrected chi connectivity index (χ0v) is 5.80. The average Bonchev–Trinajstić information content (AvgIpc) is 2.34. The second-order valence-corrected chi connectivity index (χ2v) is 2.49. The maximum atomic E-state index is 9.86. The Kier molecular flexibility index (Phi) is 2.22. The van der Waals surface area contributed by atoms with E-state index in [1.165, 1.54) is 11.3 Å². The minimum atomic E-state index is -1.26. The summed E-state index contributed by atoms with van der Waals surface area (Å²) in [5.74, 6) is 0. The smallest absolute Gasteiger partial charge is 0.450 e. The zero-order chi connectivity index (χ0) is 7.40. The minimum absolute atomic E-state index is 0.0972. The van der Waals surface area contributed by atoms with Crippen molar-refractivity contribution in [2.45, 2.75) is 6.61 Å². The van der Waals surface area contributed by atoms with Crippen LogP contribution in [0.2, 0.25) is 0 Å². The summed E-state index contributed by atoms with van der Waals surface area (Å²) < 4.78 is 4.27. The molecule has 1 N–H and O–H groups in total. The maximum Gasteiger partial charge on any atom is 0.506 e. The number of hydrogen-bond donors (Lipinski definition) is 1. The minimum Gasteiger partial charge on any atom is -0.450 e. The summed E-state index contributed by atoms with van der Waals surface area (Å²) in [6, 6.07) is 0. The summed E-state index contributed by atoms with van der Waals surface area (Å²) in [7, 11) is 0. The average molecular weight is 159 g/mol. The normalized spacial score (nSPS) is 9.20. The molecule has 1 aromatic heterocycles. The van der Waals surface area contributed by atoms with Crippen molar-refractivity contribution in [3.8, 4) is 0 Å². The van der Waals surface area contributed by atoms with Crippen molar-refractivity contribution in [3.63, 3.8) is 0 Å². The second-order valence-electron chi connectivity index (χ2n) is 1.52. The summed E-state index contributed by atoms with van der Waals surface area (Å²) in [5, 5.41) is 8.07. The van der Waals surface area contributed by atoms with Gasteiger partial charge in [0.2, 0.25) is 0 Å². The SMILES string of the molecule is O=C(O)OCc1cncs1. The Labute approximate surface area is 61.1 Å². The molecule has 0 saturated heterocycles. The summed E-state index contributed by atoms with van der Waals surface area (Å²) in [5.41, 5.74) is 1.63.